The van der Waals surface area contributed by atoms with Gasteiger partial charge in [0.15, 0.2) is 0 Å². The quantitative estimate of drug-likeness (QED) is 0.547. The number of nitrogens with zero attached hydrogens (tertiary/aromatic N) is 1. The molecule has 104 valence electrons. The van der Waals surface area contributed by atoms with Crippen molar-refractivity contribution < 1.29 is 5.11 Å². The van der Waals surface area contributed by atoms with Crippen LogP contribution in [0.15, 0.2) is 0 Å². The van der Waals surface area contributed by atoms with Crippen LogP contribution < -0.4 is 5.32 Å². The van der Waals surface area contributed by atoms with E-state index in [1.807, 2.05) is 7.05 Å². The molecule has 0 heterocycles. The molecule has 17 heavy (non-hydrogen) atoms. The minimum atomic E-state index is -0.0652. The summed E-state index contributed by atoms with van der Waals surface area (Å²) in [4.78, 5) is 2.41. The number of rotatable bonds is 11. The van der Waals surface area contributed by atoms with Crippen LogP contribution in [0.3, 0.4) is 0 Å². The van der Waals surface area contributed by atoms with Crippen molar-refractivity contribution in [3.05, 3.63) is 0 Å². The van der Waals surface area contributed by atoms with E-state index in [0.717, 1.165) is 25.8 Å². The third-order valence-corrected chi connectivity index (χ3v) is 3.85. The van der Waals surface area contributed by atoms with Crippen LogP contribution in [0.2, 0.25) is 0 Å². The lowest BCUT2D eigenvalue weighted by molar-refractivity contribution is 0.147. The number of likely N-dealkylation sites (N-methyl/N-ethyl adjacent to an activating group) is 1. The Bertz CT molecular complexity index is 161. The van der Waals surface area contributed by atoms with E-state index < -0.39 is 0 Å². The highest BCUT2D eigenvalue weighted by Gasteiger charge is 2.24. The Morgan fingerprint density at radius 3 is 2.24 bits per heavy atom. The average Bonchev–Trinajstić information content (AvgIpc) is 2.36. The van der Waals surface area contributed by atoms with Crippen LogP contribution in [0.1, 0.15) is 52.4 Å². The van der Waals surface area contributed by atoms with Crippen molar-refractivity contribution >= 4 is 0 Å². The number of hydrogen-bond acceptors (Lipinski definition) is 3. The SMILES string of the molecule is CCCCCN(C)CCCC(CC)(CO)NC. The summed E-state index contributed by atoms with van der Waals surface area (Å²) < 4.78 is 0. The zero-order chi connectivity index (χ0) is 13.1. The van der Waals surface area contributed by atoms with Crippen LogP contribution in [0, 0.1) is 0 Å². The summed E-state index contributed by atoms with van der Waals surface area (Å²) in [5, 5.41) is 12.7. The summed E-state index contributed by atoms with van der Waals surface area (Å²) in [5.41, 5.74) is -0.0652. The second-order valence-electron chi connectivity index (χ2n) is 5.16. The summed E-state index contributed by atoms with van der Waals surface area (Å²) in [6.45, 7) is 6.94. The van der Waals surface area contributed by atoms with Gasteiger partial charge < -0.3 is 15.3 Å². The van der Waals surface area contributed by atoms with E-state index in [-0.39, 0.29) is 12.1 Å². The van der Waals surface area contributed by atoms with Crippen molar-refractivity contribution in [1.29, 1.82) is 0 Å². The smallest absolute Gasteiger partial charge is 0.0613 e. The van der Waals surface area contributed by atoms with Crippen LogP contribution in [-0.4, -0.2) is 49.3 Å². The Hall–Kier alpha value is -0.120. The van der Waals surface area contributed by atoms with E-state index >= 15 is 0 Å². The van der Waals surface area contributed by atoms with Crippen LogP contribution in [0.25, 0.3) is 0 Å². The largest absolute Gasteiger partial charge is 0.394 e. The predicted molar refractivity (Wildman–Crippen MR) is 75.4 cm³/mol. The van der Waals surface area contributed by atoms with Gasteiger partial charge in [0.25, 0.3) is 0 Å². The Kier molecular flexibility index (Phi) is 9.79. The number of nitrogens with one attached hydrogen (secondary N) is 1. The van der Waals surface area contributed by atoms with E-state index in [0.29, 0.717) is 0 Å². The van der Waals surface area contributed by atoms with Gasteiger partial charge in [-0.25, -0.2) is 0 Å². The second kappa shape index (κ2) is 9.86. The lowest BCUT2D eigenvalue weighted by atomic mass is 9.91. The third-order valence-electron chi connectivity index (χ3n) is 3.85. The fraction of sp³-hybridized carbons (Fsp3) is 1.00. The molecule has 0 aliphatic carbocycles. The molecule has 0 saturated heterocycles. The van der Waals surface area contributed by atoms with E-state index in [1.165, 1.54) is 25.8 Å². The standard InChI is InChI=1S/C14H32N2O/c1-5-7-8-11-16(4)12-9-10-14(6-2,13-17)15-3/h15,17H,5-13H2,1-4H3. The first-order valence-corrected chi connectivity index (χ1v) is 7.12. The van der Waals surface area contributed by atoms with Crippen LogP contribution >= 0.6 is 0 Å². The zero-order valence-electron chi connectivity index (χ0n) is 12.3. The van der Waals surface area contributed by atoms with E-state index in [1.54, 1.807) is 0 Å². The molecule has 0 aromatic rings. The molecule has 0 rings (SSSR count). The van der Waals surface area contributed by atoms with E-state index in [9.17, 15) is 5.11 Å². The van der Waals surface area contributed by atoms with Gasteiger partial charge in [-0.3, -0.25) is 0 Å². The first-order chi connectivity index (χ1) is 8.14. The molecule has 1 atom stereocenters. The molecule has 0 amide bonds. The van der Waals surface area contributed by atoms with Gasteiger partial charge in [-0.15, -0.1) is 0 Å². The highest BCUT2D eigenvalue weighted by atomic mass is 16.3. The van der Waals surface area contributed by atoms with Gasteiger partial charge in [0.1, 0.15) is 0 Å². The highest BCUT2D eigenvalue weighted by molar-refractivity contribution is 4.84. The number of hydrogen-bond donors (Lipinski definition) is 2. The first-order valence-electron chi connectivity index (χ1n) is 7.12. The van der Waals surface area contributed by atoms with Crippen LogP contribution in [0.5, 0.6) is 0 Å². The summed E-state index contributed by atoms with van der Waals surface area (Å²) in [6.07, 6.45) is 7.11. The molecule has 0 radical (unpaired) electrons. The molecular formula is C14H32N2O. The number of aliphatic hydroxyl groups is 1. The molecule has 0 aliphatic rings. The van der Waals surface area contributed by atoms with Crippen molar-refractivity contribution in [2.45, 2.75) is 57.9 Å². The molecule has 0 fully saturated rings. The van der Waals surface area contributed by atoms with Crippen LogP contribution in [0.4, 0.5) is 0 Å². The van der Waals surface area contributed by atoms with Gasteiger partial charge in [0, 0.05) is 5.54 Å². The minimum absolute atomic E-state index is 0.0652. The number of unbranched alkanes of at least 4 members (excludes halogenated alkanes) is 2. The lowest BCUT2D eigenvalue weighted by Gasteiger charge is -2.31. The summed E-state index contributed by atoms with van der Waals surface area (Å²) in [5.74, 6) is 0. The van der Waals surface area contributed by atoms with Gasteiger partial charge in [-0.2, -0.15) is 0 Å². The normalized spacial score (nSPS) is 15.2. The fourth-order valence-electron chi connectivity index (χ4n) is 2.18. The molecule has 0 bridgehead atoms. The maximum Gasteiger partial charge on any atom is 0.0613 e. The summed E-state index contributed by atoms with van der Waals surface area (Å²) in [7, 11) is 4.15. The Balaban J connectivity index is 3.73. The predicted octanol–water partition coefficient (Wildman–Crippen LogP) is 2.25. The molecule has 0 aromatic carbocycles. The molecular weight excluding hydrogens is 212 g/mol. The monoisotopic (exact) mass is 244 g/mol. The molecule has 2 N–H and O–H groups in total. The Morgan fingerprint density at radius 2 is 1.76 bits per heavy atom. The number of aliphatic hydroxyl groups excluding tert-OH is 1. The molecule has 3 nitrogen and oxygen atoms in total. The maximum absolute atomic E-state index is 9.44. The Labute approximate surface area is 108 Å². The first kappa shape index (κ1) is 16.9. The minimum Gasteiger partial charge on any atom is -0.394 e. The molecule has 1 unspecified atom stereocenters. The Morgan fingerprint density at radius 1 is 1.12 bits per heavy atom. The maximum atomic E-state index is 9.44. The van der Waals surface area contributed by atoms with Gasteiger partial charge in [0.05, 0.1) is 6.61 Å². The van der Waals surface area contributed by atoms with Gasteiger partial charge in [0.2, 0.25) is 0 Å². The highest BCUT2D eigenvalue weighted by Crippen LogP contribution is 2.16. The molecule has 0 aromatic heterocycles. The molecule has 0 spiro atoms. The summed E-state index contributed by atoms with van der Waals surface area (Å²) in [6, 6.07) is 0. The van der Waals surface area contributed by atoms with Crippen LogP contribution in [-0.2, 0) is 0 Å². The van der Waals surface area contributed by atoms with Gasteiger partial charge >= 0.3 is 0 Å². The van der Waals surface area contributed by atoms with Gasteiger partial charge in [-0.1, -0.05) is 26.7 Å². The zero-order valence-corrected chi connectivity index (χ0v) is 12.3. The van der Waals surface area contributed by atoms with Crippen molar-refractivity contribution in [3.8, 4) is 0 Å². The summed E-state index contributed by atoms with van der Waals surface area (Å²) >= 11 is 0. The van der Waals surface area contributed by atoms with E-state index in [4.69, 9.17) is 0 Å². The van der Waals surface area contributed by atoms with E-state index in [2.05, 4.69) is 31.1 Å². The lowest BCUT2D eigenvalue weighted by Crippen LogP contribution is -2.46. The topological polar surface area (TPSA) is 35.5 Å². The third kappa shape index (κ3) is 7.02. The van der Waals surface area contributed by atoms with Crippen molar-refractivity contribution in [2.24, 2.45) is 0 Å². The van der Waals surface area contributed by atoms with Crippen molar-refractivity contribution in [2.75, 3.05) is 33.8 Å². The molecule has 0 aliphatic heterocycles. The molecule has 0 saturated carbocycles. The van der Waals surface area contributed by atoms with Crippen molar-refractivity contribution in [3.63, 3.8) is 0 Å². The van der Waals surface area contributed by atoms with Crippen molar-refractivity contribution in [1.82, 2.24) is 10.2 Å². The second-order valence-corrected chi connectivity index (χ2v) is 5.16. The fourth-order valence-corrected chi connectivity index (χ4v) is 2.18. The van der Waals surface area contributed by atoms with Gasteiger partial charge in [-0.05, 0) is 52.9 Å². The molecule has 3 heteroatoms. The average molecular weight is 244 g/mol.